The number of methoxy groups -OCH3 is 1. The van der Waals surface area contributed by atoms with Crippen LogP contribution in [0.4, 0.5) is 19.0 Å². The van der Waals surface area contributed by atoms with Crippen molar-refractivity contribution in [1.29, 1.82) is 5.26 Å². The fraction of sp³-hybridized carbons (Fsp3) is 0.294. The number of nitrogens with one attached hydrogen (secondary N) is 1. The lowest BCUT2D eigenvalue weighted by Gasteiger charge is -2.20. The summed E-state index contributed by atoms with van der Waals surface area (Å²) >= 11 is 3.47. The Bertz CT molecular complexity index is 861. The number of fused-ring (bicyclic) bond motifs is 1. The molecule has 3 rings (SSSR count). The van der Waals surface area contributed by atoms with Crippen LogP contribution < -0.4 is 10.1 Å². The van der Waals surface area contributed by atoms with Gasteiger partial charge in [0.05, 0.1) is 18.7 Å². The second-order valence-electron chi connectivity index (χ2n) is 5.59. The van der Waals surface area contributed by atoms with Crippen molar-refractivity contribution in [3.05, 3.63) is 51.0 Å². The van der Waals surface area contributed by atoms with Crippen molar-refractivity contribution in [2.24, 2.45) is 0 Å². The van der Waals surface area contributed by atoms with E-state index in [1.165, 1.54) is 7.11 Å². The van der Waals surface area contributed by atoms with Gasteiger partial charge in [-0.25, -0.2) is 0 Å². The predicted octanol–water partition coefficient (Wildman–Crippen LogP) is 4.84. The number of nitrogens with zero attached hydrogens (tertiary/aromatic N) is 2. The molecule has 1 N–H and O–H groups in total. The molecule has 0 amide bonds. The lowest BCUT2D eigenvalue weighted by atomic mass is 10.1. The first-order chi connectivity index (χ1) is 11.8. The van der Waals surface area contributed by atoms with Crippen LogP contribution in [-0.2, 0) is 12.6 Å². The van der Waals surface area contributed by atoms with Crippen LogP contribution in [0.25, 0.3) is 0 Å². The molecule has 1 atom stereocenters. The normalized spacial score (nSPS) is 16.2. The van der Waals surface area contributed by atoms with E-state index in [9.17, 15) is 13.2 Å². The lowest BCUT2D eigenvalue weighted by Crippen LogP contribution is -2.16. The molecule has 1 aromatic heterocycles. The second kappa shape index (κ2) is 6.56. The number of hydrogen-bond acceptors (Lipinski definition) is 4. The highest BCUT2D eigenvalue weighted by molar-refractivity contribution is 9.10. The van der Waals surface area contributed by atoms with Gasteiger partial charge >= 0.3 is 6.18 Å². The van der Waals surface area contributed by atoms with Crippen molar-refractivity contribution in [3.8, 4) is 11.9 Å². The maximum Gasteiger partial charge on any atom is 0.419 e. The Morgan fingerprint density at radius 3 is 2.80 bits per heavy atom. The number of alkyl halides is 3. The number of anilines is 1. The van der Waals surface area contributed by atoms with Crippen LogP contribution >= 0.6 is 15.9 Å². The quantitative estimate of drug-likeness (QED) is 0.784. The average molecular weight is 412 g/mol. The van der Waals surface area contributed by atoms with Crippen LogP contribution in [0.3, 0.4) is 0 Å². The Morgan fingerprint density at radius 2 is 2.16 bits per heavy atom. The predicted molar refractivity (Wildman–Crippen MR) is 89.3 cm³/mol. The number of nitriles is 1. The van der Waals surface area contributed by atoms with E-state index in [1.54, 1.807) is 6.07 Å². The maximum atomic E-state index is 13.4. The molecular formula is C17H13BrF3N3O. The average Bonchev–Trinajstić information content (AvgIpc) is 2.98. The topological polar surface area (TPSA) is 57.9 Å². The molecule has 0 saturated heterocycles. The highest BCUT2D eigenvalue weighted by Crippen LogP contribution is 2.41. The number of benzene rings is 1. The molecule has 130 valence electrons. The fourth-order valence-electron chi connectivity index (χ4n) is 2.98. The van der Waals surface area contributed by atoms with Crippen LogP contribution in [0.1, 0.15) is 34.7 Å². The summed E-state index contributed by atoms with van der Waals surface area (Å²) in [6, 6.07) is 7.80. The maximum absolute atomic E-state index is 13.4. The molecule has 1 aromatic carbocycles. The van der Waals surface area contributed by atoms with Gasteiger partial charge in [-0.05, 0) is 36.1 Å². The van der Waals surface area contributed by atoms with E-state index in [-0.39, 0.29) is 23.3 Å². The molecule has 0 fully saturated rings. The van der Waals surface area contributed by atoms with Crippen LogP contribution in [0.15, 0.2) is 28.7 Å². The minimum absolute atomic E-state index is 0.134. The Balaban J connectivity index is 2.04. The van der Waals surface area contributed by atoms with Crippen molar-refractivity contribution in [1.82, 2.24) is 4.98 Å². The molecule has 1 aliphatic rings. The third kappa shape index (κ3) is 3.29. The third-order valence-corrected chi connectivity index (χ3v) is 4.87. The van der Waals surface area contributed by atoms with Gasteiger partial charge < -0.3 is 10.1 Å². The first-order valence-electron chi connectivity index (χ1n) is 7.45. The fourth-order valence-corrected chi connectivity index (χ4v) is 3.56. The van der Waals surface area contributed by atoms with Crippen LogP contribution in [0.5, 0.6) is 5.88 Å². The van der Waals surface area contributed by atoms with E-state index in [4.69, 9.17) is 10.00 Å². The summed E-state index contributed by atoms with van der Waals surface area (Å²) < 4.78 is 46.1. The van der Waals surface area contributed by atoms with E-state index in [1.807, 2.05) is 18.2 Å². The van der Waals surface area contributed by atoms with Crippen molar-refractivity contribution in [3.63, 3.8) is 0 Å². The van der Waals surface area contributed by atoms with Gasteiger partial charge in [-0.2, -0.15) is 23.4 Å². The highest BCUT2D eigenvalue weighted by Gasteiger charge is 2.37. The molecular weight excluding hydrogens is 399 g/mol. The van der Waals surface area contributed by atoms with E-state index in [2.05, 4.69) is 26.2 Å². The zero-order valence-electron chi connectivity index (χ0n) is 13.1. The zero-order valence-corrected chi connectivity index (χ0v) is 14.7. The lowest BCUT2D eigenvalue weighted by molar-refractivity contribution is -0.137. The van der Waals surface area contributed by atoms with Gasteiger partial charge in [-0.1, -0.05) is 28.1 Å². The summed E-state index contributed by atoms with van der Waals surface area (Å²) in [5, 5.41) is 11.9. The molecule has 0 aliphatic heterocycles. The van der Waals surface area contributed by atoms with Gasteiger partial charge in [0.2, 0.25) is 5.88 Å². The van der Waals surface area contributed by atoms with E-state index in [0.29, 0.717) is 6.42 Å². The Kier molecular flexibility index (Phi) is 4.60. The minimum atomic E-state index is -4.63. The molecule has 1 aliphatic carbocycles. The first kappa shape index (κ1) is 17.5. The molecule has 1 unspecified atom stereocenters. The first-order valence-corrected chi connectivity index (χ1v) is 8.24. The largest absolute Gasteiger partial charge is 0.480 e. The molecule has 8 heteroatoms. The number of rotatable bonds is 3. The Hall–Kier alpha value is -2.27. The van der Waals surface area contributed by atoms with E-state index < -0.39 is 11.7 Å². The molecule has 4 nitrogen and oxygen atoms in total. The second-order valence-corrected chi connectivity index (χ2v) is 6.45. The van der Waals surface area contributed by atoms with Crippen molar-refractivity contribution in [2.75, 3.05) is 12.4 Å². The minimum Gasteiger partial charge on any atom is -0.480 e. The van der Waals surface area contributed by atoms with E-state index in [0.717, 1.165) is 28.1 Å². The molecule has 0 saturated carbocycles. The number of aromatic nitrogens is 1. The van der Waals surface area contributed by atoms with Crippen molar-refractivity contribution >= 4 is 21.7 Å². The molecule has 2 aromatic rings. The van der Waals surface area contributed by atoms with Gasteiger partial charge in [-0.15, -0.1) is 0 Å². The zero-order chi connectivity index (χ0) is 18.2. The number of pyridine rings is 1. The van der Waals surface area contributed by atoms with Crippen molar-refractivity contribution in [2.45, 2.75) is 25.1 Å². The van der Waals surface area contributed by atoms with Crippen LogP contribution in [0.2, 0.25) is 0 Å². The van der Waals surface area contributed by atoms with E-state index >= 15 is 0 Å². The molecule has 0 bridgehead atoms. The van der Waals surface area contributed by atoms with Crippen LogP contribution in [-0.4, -0.2) is 12.1 Å². The molecule has 0 spiro atoms. The summed E-state index contributed by atoms with van der Waals surface area (Å²) in [6.45, 7) is 0. The summed E-state index contributed by atoms with van der Waals surface area (Å²) in [6.07, 6.45) is -3.23. The monoisotopic (exact) mass is 411 g/mol. The number of halogens is 4. The highest BCUT2D eigenvalue weighted by atomic mass is 79.9. The summed E-state index contributed by atoms with van der Waals surface area (Å²) in [5.74, 6) is -0.466. The van der Waals surface area contributed by atoms with Gasteiger partial charge in [0.25, 0.3) is 0 Å². The summed E-state index contributed by atoms with van der Waals surface area (Å²) in [5.41, 5.74) is 0.782. The summed E-state index contributed by atoms with van der Waals surface area (Å²) in [7, 11) is 1.27. The summed E-state index contributed by atoms with van der Waals surface area (Å²) in [4.78, 5) is 3.90. The molecule has 0 radical (unpaired) electrons. The third-order valence-electron chi connectivity index (χ3n) is 4.13. The number of ether oxygens (including phenoxy) is 1. The van der Waals surface area contributed by atoms with Gasteiger partial charge in [0.15, 0.2) is 0 Å². The van der Waals surface area contributed by atoms with Gasteiger partial charge in [0, 0.05) is 4.47 Å². The Labute approximate surface area is 150 Å². The van der Waals surface area contributed by atoms with Gasteiger partial charge in [0.1, 0.15) is 17.5 Å². The van der Waals surface area contributed by atoms with Gasteiger partial charge in [-0.3, -0.25) is 0 Å². The Morgan fingerprint density at radius 1 is 1.40 bits per heavy atom. The standard InChI is InChI=1S/C17H13BrF3N3O/c1-25-16-9(8-22)7-12(17(19,20)21)15(24-16)23-14-6-5-10-11(14)3-2-4-13(10)18/h2-4,7,14H,5-6H2,1H3,(H,23,24). The van der Waals surface area contributed by atoms with Crippen LogP contribution in [0, 0.1) is 11.3 Å². The smallest absolute Gasteiger partial charge is 0.419 e. The number of hydrogen-bond donors (Lipinski definition) is 1. The molecule has 1 heterocycles. The molecule has 25 heavy (non-hydrogen) atoms. The SMILES string of the molecule is COc1nc(NC2CCc3c(Br)cccc32)c(C(F)(F)F)cc1C#N. The van der Waals surface area contributed by atoms with Crippen molar-refractivity contribution < 1.29 is 17.9 Å².